The van der Waals surface area contributed by atoms with E-state index in [1.165, 1.54) is 33.4 Å². The minimum Gasteiger partial charge on any atom is -0.418 e. The molecule has 52 heavy (non-hydrogen) atoms. The molecule has 0 radical (unpaired) electrons. The van der Waals surface area contributed by atoms with E-state index >= 15 is 0 Å². The zero-order valence-electron chi connectivity index (χ0n) is 26.2. The van der Waals surface area contributed by atoms with Crippen LogP contribution in [0, 0.1) is 0 Å². The lowest BCUT2D eigenvalue weighted by molar-refractivity contribution is -0.688. The summed E-state index contributed by atoms with van der Waals surface area (Å²) < 4.78 is 160. The summed E-state index contributed by atoms with van der Waals surface area (Å²) >= 11 is 0. The Kier molecular flexibility index (Phi) is 17.9. The molecule has 0 saturated carbocycles. The number of hydrogen-bond acceptors (Lipinski definition) is 0. The maximum atomic E-state index is 9.75. The minimum atomic E-state index is -6.00. The van der Waals surface area contributed by atoms with Crippen LogP contribution in [-0.2, 0) is 13.1 Å². The number of pyridine rings is 4. The van der Waals surface area contributed by atoms with Gasteiger partial charge < -0.3 is 69.1 Å². The third kappa shape index (κ3) is 26.8. The predicted molar refractivity (Wildman–Crippen MR) is 163 cm³/mol. The van der Waals surface area contributed by atoms with E-state index in [0.29, 0.717) is 0 Å². The van der Waals surface area contributed by atoms with Crippen molar-refractivity contribution in [3.8, 4) is 22.3 Å². The second-order valence-electron chi connectivity index (χ2n) is 9.89. The number of aromatic amines is 2. The van der Waals surface area contributed by atoms with Gasteiger partial charge in [-0.1, -0.05) is 24.3 Å². The molecule has 0 fully saturated rings. The summed E-state index contributed by atoms with van der Waals surface area (Å²) in [5.41, 5.74) is 7.46. The first-order chi connectivity index (χ1) is 23.8. The van der Waals surface area contributed by atoms with Crippen LogP contribution in [0.4, 0.5) is 69.1 Å². The van der Waals surface area contributed by atoms with Crippen LogP contribution >= 0.6 is 0 Å². The van der Waals surface area contributed by atoms with Crippen molar-refractivity contribution in [2.24, 2.45) is 0 Å². The smallest absolute Gasteiger partial charge is 0.418 e. The highest BCUT2D eigenvalue weighted by molar-refractivity contribution is 6.51. The summed E-state index contributed by atoms with van der Waals surface area (Å²) in [6, 6.07) is 25.9. The summed E-state index contributed by atoms with van der Waals surface area (Å²) in [6.07, 6.45) is 16.4. The predicted octanol–water partition coefficient (Wildman–Crippen LogP) is 8.52. The van der Waals surface area contributed by atoms with E-state index < -0.39 is 29.0 Å². The molecule has 5 rings (SSSR count). The van der Waals surface area contributed by atoms with Crippen molar-refractivity contribution in [1.29, 1.82) is 0 Å². The van der Waals surface area contributed by atoms with E-state index in [2.05, 4.69) is 117 Å². The second kappa shape index (κ2) is 20.7. The lowest BCUT2D eigenvalue weighted by Gasteiger charge is -2.03. The van der Waals surface area contributed by atoms with Crippen molar-refractivity contribution in [3.63, 3.8) is 0 Å². The quantitative estimate of drug-likeness (QED) is 0.0945. The van der Waals surface area contributed by atoms with Gasteiger partial charge in [0.2, 0.25) is 0 Å². The molecule has 0 aliphatic rings. The first-order valence-corrected chi connectivity index (χ1v) is 14.3. The highest BCUT2D eigenvalue weighted by atomic mass is 19.5. The highest BCUT2D eigenvalue weighted by Crippen LogP contribution is 2.17. The number of H-pyrrole nitrogens is 2. The van der Waals surface area contributed by atoms with Gasteiger partial charge in [-0.3, -0.25) is 0 Å². The first kappa shape index (κ1) is 45.0. The maximum absolute atomic E-state index is 9.75. The van der Waals surface area contributed by atoms with E-state index in [4.69, 9.17) is 0 Å². The first-order valence-electron chi connectivity index (χ1n) is 14.3. The Morgan fingerprint density at radius 1 is 0.327 bits per heavy atom. The molecular weight excluding hydrogens is 740 g/mol. The van der Waals surface area contributed by atoms with Gasteiger partial charge in [0.15, 0.2) is 62.7 Å². The Morgan fingerprint density at radius 2 is 0.519 bits per heavy atom. The third-order valence-corrected chi connectivity index (χ3v) is 5.64. The number of rotatable bonds is 6. The SMILES string of the molecule is F[B-](F)(F)F.F[B-](F)(F)F.F[B-](F)(F)F.F[B-](F)(F)F.c1cc(-c2cc[n+](Cc3ccc(C[n+]4ccc(-c5cc[nH+]cc5)cc4)cc3)cc2)cc[nH+]1. The summed E-state index contributed by atoms with van der Waals surface area (Å²) in [4.78, 5) is 6.14. The monoisotopic (exact) mass is 766 g/mol. The van der Waals surface area contributed by atoms with Crippen LogP contribution in [0.1, 0.15) is 11.1 Å². The molecule has 2 N–H and O–H groups in total. The van der Waals surface area contributed by atoms with Gasteiger partial charge in [-0.05, 0) is 22.3 Å². The molecule has 0 atom stereocenters. The molecule has 282 valence electrons. The van der Waals surface area contributed by atoms with Crippen molar-refractivity contribution in [2.45, 2.75) is 13.1 Å². The van der Waals surface area contributed by atoms with E-state index in [0.717, 1.165) is 13.1 Å². The van der Waals surface area contributed by atoms with E-state index in [1.807, 2.05) is 24.8 Å². The number of nitrogens with zero attached hydrogens (tertiary/aromatic N) is 2. The summed E-state index contributed by atoms with van der Waals surface area (Å²) in [6.45, 7) is 1.72. The van der Waals surface area contributed by atoms with Gasteiger partial charge in [0.1, 0.15) is 0 Å². The summed E-state index contributed by atoms with van der Waals surface area (Å²) in [5.74, 6) is 0. The van der Waals surface area contributed by atoms with Crippen LogP contribution in [0.25, 0.3) is 22.3 Å². The average molecular weight is 766 g/mol. The van der Waals surface area contributed by atoms with Crippen molar-refractivity contribution >= 4 is 29.0 Å². The third-order valence-electron chi connectivity index (χ3n) is 5.64. The molecule has 4 aromatic heterocycles. The molecule has 0 amide bonds. The zero-order chi connectivity index (χ0) is 39.6. The van der Waals surface area contributed by atoms with Crippen molar-refractivity contribution < 1.29 is 88.2 Å². The Bertz CT molecular complexity index is 1520. The fourth-order valence-electron chi connectivity index (χ4n) is 3.84. The van der Waals surface area contributed by atoms with Crippen LogP contribution in [0.3, 0.4) is 0 Å². The number of benzene rings is 1. The largest absolute Gasteiger partial charge is 0.673 e. The second-order valence-corrected chi connectivity index (χ2v) is 9.89. The van der Waals surface area contributed by atoms with E-state index in [1.54, 1.807) is 0 Å². The number of aromatic nitrogens is 4. The van der Waals surface area contributed by atoms with E-state index in [-0.39, 0.29) is 0 Å². The molecule has 4 nitrogen and oxygen atoms in total. The standard InChI is InChI=1S/C28H24N4.4BF4/c1-2-24(22-32-19-11-28(12-20-32)26-7-15-30-16-8-26)4-3-23(1)21-31-17-9-27(10-18-31)25-5-13-29-14-6-25;4*2-1(3,4)5/h1-20H,21-22H2;;;;/q+2;4*-1/p+2. The Labute approximate surface area is 286 Å². The molecule has 0 aliphatic carbocycles. The van der Waals surface area contributed by atoms with Gasteiger partial charge >= 0.3 is 29.0 Å². The minimum absolute atomic E-state index is 0.861. The fraction of sp³-hybridized carbons (Fsp3) is 0.0714. The molecule has 0 unspecified atom stereocenters. The fourth-order valence-corrected chi connectivity index (χ4v) is 3.84. The molecule has 0 spiro atoms. The molecule has 0 saturated heterocycles. The van der Waals surface area contributed by atoms with Crippen molar-refractivity contribution in [1.82, 2.24) is 0 Å². The van der Waals surface area contributed by atoms with E-state index in [9.17, 15) is 69.1 Å². The summed E-state index contributed by atoms with van der Waals surface area (Å²) in [5, 5.41) is 0. The van der Waals surface area contributed by atoms with Gasteiger partial charge in [-0.15, -0.1) is 0 Å². The molecular formula is C28H26B4F16N4. The molecule has 0 aliphatic heterocycles. The average Bonchev–Trinajstić information content (AvgIpc) is 3.01. The normalized spacial score (nSPS) is 11.2. The van der Waals surface area contributed by atoms with Crippen LogP contribution in [0.5, 0.6) is 0 Å². The van der Waals surface area contributed by atoms with Gasteiger partial charge in [-0.25, -0.2) is 19.1 Å². The highest BCUT2D eigenvalue weighted by Gasteiger charge is 2.22. The topological polar surface area (TPSA) is 36.0 Å². The van der Waals surface area contributed by atoms with Gasteiger partial charge in [-0.2, -0.15) is 0 Å². The number of halogens is 16. The molecule has 4 heterocycles. The van der Waals surface area contributed by atoms with Gasteiger partial charge in [0, 0.05) is 59.7 Å². The molecule has 0 bridgehead atoms. The number of nitrogens with one attached hydrogen (secondary N) is 2. The molecule has 5 aromatic rings. The lowest BCUT2D eigenvalue weighted by Crippen LogP contribution is -2.33. The Balaban J connectivity index is 0.000000557. The van der Waals surface area contributed by atoms with Crippen LogP contribution in [-0.4, -0.2) is 29.0 Å². The zero-order valence-corrected chi connectivity index (χ0v) is 26.2. The van der Waals surface area contributed by atoms with Crippen molar-refractivity contribution in [2.75, 3.05) is 0 Å². The van der Waals surface area contributed by atoms with Crippen LogP contribution < -0.4 is 19.1 Å². The lowest BCUT2D eigenvalue weighted by atomic mass is 10.1. The van der Waals surface area contributed by atoms with Gasteiger partial charge in [0.05, 0.1) is 0 Å². The summed E-state index contributed by atoms with van der Waals surface area (Å²) in [7, 11) is -24.0. The molecule has 24 heteroatoms. The molecule has 1 aromatic carbocycles. The maximum Gasteiger partial charge on any atom is 0.673 e. The Morgan fingerprint density at radius 3 is 0.731 bits per heavy atom. The Hall–Kier alpha value is -5.04. The number of hydrogen-bond donors (Lipinski definition) is 0. The van der Waals surface area contributed by atoms with Crippen LogP contribution in [0.2, 0.25) is 0 Å². The van der Waals surface area contributed by atoms with Gasteiger partial charge in [0.25, 0.3) is 0 Å². The van der Waals surface area contributed by atoms with Crippen LogP contribution in [0.15, 0.2) is 122 Å². The van der Waals surface area contributed by atoms with Crippen molar-refractivity contribution in [3.05, 3.63) is 133 Å².